The number of halogens is 1. The van der Waals surface area contributed by atoms with Gasteiger partial charge >= 0.3 is 0 Å². The van der Waals surface area contributed by atoms with Crippen molar-refractivity contribution in [1.82, 2.24) is 20.2 Å². The summed E-state index contributed by atoms with van der Waals surface area (Å²) in [5.74, 6) is 0.840. The number of tetrazole rings is 1. The Hall–Kier alpha value is -2.28. The highest BCUT2D eigenvalue weighted by Crippen LogP contribution is 2.21. The molecular weight excluding hydrogens is 362 g/mol. The second-order valence-electron chi connectivity index (χ2n) is 7.05. The van der Waals surface area contributed by atoms with Gasteiger partial charge in [0, 0.05) is 23.4 Å². The summed E-state index contributed by atoms with van der Waals surface area (Å²) < 4.78 is 1.88. The van der Waals surface area contributed by atoms with E-state index in [9.17, 15) is 5.11 Å². The van der Waals surface area contributed by atoms with Gasteiger partial charge in [0.1, 0.15) is 0 Å². The van der Waals surface area contributed by atoms with Crippen LogP contribution in [-0.4, -0.2) is 44.5 Å². The molecule has 1 saturated heterocycles. The Morgan fingerprint density at radius 1 is 1.07 bits per heavy atom. The first-order chi connectivity index (χ1) is 13.2. The van der Waals surface area contributed by atoms with Gasteiger partial charge in [-0.3, -0.25) is 0 Å². The molecule has 1 aliphatic heterocycles. The monoisotopic (exact) mass is 384 g/mol. The predicted octanol–water partition coefficient (Wildman–Crippen LogP) is 1.50. The molecule has 27 heavy (non-hydrogen) atoms. The van der Waals surface area contributed by atoms with Crippen molar-refractivity contribution in [2.24, 2.45) is 0 Å². The van der Waals surface area contributed by atoms with Crippen LogP contribution in [0.3, 0.4) is 0 Å². The van der Waals surface area contributed by atoms with Crippen LogP contribution >= 0.6 is 11.6 Å². The molecule has 2 heterocycles. The minimum absolute atomic E-state index is 0.00785. The van der Waals surface area contributed by atoms with Crippen LogP contribution in [0.5, 0.6) is 0 Å². The van der Waals surface area contributed by atoms with Gasteiger partial charge in [-0.15, -0.1) is 5.10 Å². The number of hydrogen-bond acceptors (Lipinski definition) is 4. The summed E-state index contributed by atoms with van der Waals surface area (Å²) in [6.45, 7) is 2.39. The fourth-order valence-electron chi connectivity index (χ4n) is 3.77. The van der Waals surface area contributed by atoms with E-state index in [4.69, 9.17) is 11.6 Å². The molecular formula is C20H23ClN5O+. The number of aromatic nitrogens is 4. The lowest BCUT2D eigenvalue weighted by molar-refractivity contribution is -0.932. The van der Waals surface area contributed by atoms with Crippen LogP contribution in [0.4, 0.5) is 0 Å². The van der Waals surface area contributed by atoms with Gasteiger partial charge in [0.15, 0.2) is 6.04 Å². The van der Waals surface area contributed by atoms with Crippen molar-refractivity contribution in [1.29, 1.82) is 0 Å². The molecule has 0 saturated carbocycles. The molecule has 1 aromatic heterocycles. The molecule has 0 unspecified atom stereocenters. The standard InChI is InChI=1S/C20H22ClN5O/c21-17-8-6-16(7-9-17)19(25-12-10-18(27)11-13-25)20-22-23-24-26(20)14-15-4-2-1-3-5-15/h1-9,18-19,27H,10-14H2/p+1/t19-/m0/s1. The van der Waals surface area contributed by atoms with E-state index < -0.39 is 0 Å². The Bertz CT molecular complexity index is 860. The summed E-state index contributed by atoms with van der Waals surface area (Å²) in [5, 5.41) is 23.2. The first-order valence-electron chi connectivity index (χ1n) is 9.29. The number of rotatable bonds is 5. The SMILES string of the molecule is OC1CC[NH+]([C@@H](c2ccc(Cl)cc2)c2nnnn2Cc2ccccc2)CC1. The Morgan fingerprint density at radius 2 is 1.78 bits per heavy atom. The zero-order valence-electron chi connectivity index (χ0n) is 15.0. The van der Waals surface area contributed by atoms with Crippen molar-refractivity contribution in [2.45, 2.75) is 31.5 Å². The van der Waals surface area contributed by atoms with E-state index in [1.54, 1.807) is 0 Å². The van der Waals surface area contributed by atoms with E-state index in [0.29, 0.717) is 11.6 Å². The average molecular weight is 385 g/mol. The van der Waals surface area contributed by atoms with Crippen LogP contribution in [0.1, 0.15) is 35.8 Å². The van der Waals surface area contributed by atoms with Gasteiger partial charge in [-0.25, -0.2) is 4.68 Å². The topological polar surface area (TPSA) is 68.3 Å². The molecule has 1 atom stereocenters. The third kappa shape index (κ3) is 4.18. The number of likely N-dealkylation sites (tertiary alicyclic amines) is 1. The molecule has 2 aromatic carbocycles. The number of quaternary nitrogens is 1. The zero-order chi connectivity index (χ0) is 18.6. The van der Waals surface area contributed by atoms with Gasteiger partial charge in [-0.1, -0.05) is 54.1 Å². The van der Waals surface area contributed by atoms with Crippen LogP contribution in [0.2, 0.25) is 5.02 Å². The summed E-state index contributed by atoms with van der Waals surface area (Å²) in [6, 6.07) is 18.1. The molecule has 3 aromatic rings. The maximum Gasteiger partial charge on any atom is 0.214 e. The number of aliphatic hydroxyl groups excluding tert-OH is 1. The number of hydrogen-bond donors (Lipinski definition) is 2. The average Bonchev–Trinajstić information content (AvgIpc) is 3.13. The lowest BCUT2D eigenvalue weighted by atomic mass is 10.00. The van der Waals surface area contributed by atoms with Gasteiger partial charge < -0.3 is 10.0 Å². The van der Waals surface area contributed by atoms with Crippen LogP contribution < -0.4 is 4.90 Å². The molecule has 2 N–H and O–H groups in total. The number of benzene rings is 2. The van der Waals surface area contributed by atoms with Crippen LogP contribution in [0, 0.1) is 0 Å². The van der Waals surface area contributed by atoms with E-state index in [0.717, 1.165) is 42.9 Å². The summed E-state index contributed by atoms with van der Waals surface area (Å²) in [6.07, 6.45) is 1.37. The van der Waals surface area contributed by atoms with E-state index in [2.05, 4.69) is 27.7 Å². The summed E-state index contributed by atoms with van der Waals surface area (Å²) >= 11 is 6.10. The second-order valence-corrected chi connectivity index (χ2v) is 7.49. The maximum absolute atomic E-state index is 9.92. The summed E-state index contributed by atoms with van der Waals surface area (Å²) in [5.41, 5.74) is 2.29. The fraction of sp³-hybridized carbons (Fsp3) is 0.350. The second kappa shape index (κ2) is 8.17. The minimum atomic E-state index is -0.208. The summed E-state index contributed by atoms with van der Waals surface area (Å²) in [4.78, 5) is 1.37. The van der Waals surface area contributed by atoms with E-state index in [1.165, 1.54) is 4.90 Å². The Morgan fingerprint density at radius 3 is 2.48 bits per heavy atom. The summed E-state index contributed by atoms with van der Waals surface area (Å²) in [7, 11) is 0. The Balaban J connectivity index is 1.69. The van der Waals surface area contributed by atoms with Gasteiger partial charge in [0.05, 0.1) is 25.7 Å². The molecule has 0 amide bonds. The van der Waals surface area contributed by atoms with Gasteiger partial charge in [0.2, 0.25) is 5.82 Å². The Kier molecular flexibility index (Phi) is 5.48. The number of nitrogens with one attached hydrogen (secondary N) is 1. The molecule has 7 heteroatoms. The van der Waals surface area contributed by atoms with Crippen molar-refractivity contribution in [2.75, 3.05) is 13.1 Å². The molecule has 0 spiro atoms. The predicted molar refractivity (Wildman–Crippen MR) is 103 cm³/mol. The minimum Gasteiger partial charge on any atom is -0.393 e. The van der Waals surface area contributed by atoms with Crippen LogP contribution in [-0.2, 0) is 6.54 Å². The lowest BCUT2D eigenvalue weighted by Gasteiger charge is -2.32. The quantitative estimate of drug-likeness (QED) is 0.699. The Labute approximate surface area is 163 Å². The van der Waals surface area contributed by atoms with Crippen LogP contribution in [0.15, 0.2) is 54.6 Å². The number of nitrogens with zero attached hydrogens (tertiary/aromatic N) is 4. The van der Waals surface area contributed by atoms with Gasteiger partial charge in [0.25, 0.3) is 0 Å². The van der Waals surface area contributed by atoms with Gasteiger partial charge in [-0.05, 0) is 28.1 Å². The first kappa shape index (κ1) is 18.1. The third-order valence-corrected chi connectivity index (χ3v) is 5.45. The molecule has 1 fully saturated rings. The van der Waals surface area contributed by atoms with Crippen molar-refractivity contribution in [3.05, 3.63) is 76.6 Å². The number of piperidine rings is 1. The molecule has 6 nitrogen and oxygen atoms in total. The molecule has 140 valence electrons. The van der Waals surface area contributed by atoms with Crippen molar-refractivity contribution in [3.63, 3.8) is 0 Å². The molecule has 0 bridgehead atoms. The largest absolute Gasteiger partial charge is 0.393 e. The lowest BCUT2D eigenvalue weighted by Crippen LogP contribution is -3.13. The highest BCUT2D eigenvalue weighted by Gasteiger charge is 2.34. The van der Waals surface area contributed by atoms with Crippen molar-refractivity contribution >= 4 is 11.6 Å². The van der Waals surface area contributed by atoms with Crippen molar-refractivity contribution in [3.8, 4) is 0 Å². The first-order valence-corrected chi connectivity index (χ1v) is 9.66. The van der Waals surface area contributed by atoms with E-state index in [1.807, 2.05) is 47.1 Å². The number of aliphatic hydroxyl groups is 1. The smallest absolute Gasteiger partial charge is 0.214 e. The normalized spacial score (nSPS) is 21.1. The van der Waals surface area contributed by atoms with E-state index >= 15 is 0 Å². The molecule has 0 radical (unpaired) electrons. The molecule has 1 aliphatic rings. The van der Waals surface area contributed by atoms with Gasteiger partial charge in [-0.2, -0.15) is 0 Å². The zero-order valence-corrected chi connectivity index (χ0v) is 15.8. The maximum atomic E-state index is 9.92. The highest BCUT2D eigenvalue weighted by molar-refractivity contribution is 6.30. The van der Waals surface area contributed by atoms with Crippen LogP contribution in [0.25, 0.3) is 0 Å². The van der Waals surface area contributed by atoms with Crippen molar-refractivity contribution < 1.29 is 10.0 Å². The third-order valence-electron chi connectivity index (χ3n) is 5.20. The van der Waals surface area contributed by atoms with E-state index in [-0.39, 0.29) is 12.1 Å². The fourth-order valence-corrected chi connectivity index (χ4v) is 3.90. The molecule has 4 rings (SSSR count). The highest BCUT2D eigenvalue weighted by atomic mass is 35.5. The molecule has 0 aliphatic carbocycles.